The molecule has 1 aromatic heterocycles. The van der Waals surface area contributed by atoms with Crippen LogP contribution in [0.1, 0.15) is 41.1 Å². The van der Waals surface area contributed by atoms with Crippen molar-refractivity contribution in [2.45, 2.75) is 56.6 Å². The van der Waals surface area contributed by atoms with Gasteiger partial charge in [-0.05, 0) is 74.0 Å². The molecular weight excluding hydrogens is 484 g/mol. The Balaban J connectivity index is 1.45. The van der Waals surface area contributed by atoms with E-state index in [4.69, 9.17) is 4.74 Å². The molecule has 3 heterocycles. The van der Waals surface area contributed by atoms with Crippen LogP contribution >= 0.6 is 0 Å². The molecule has 3 aromatic rings. The van der Waals surface area contributed by atoms with Gasteiger partial charge in [-0.25, -0.2) is 8.42 Å². The van der Waals surface area contributed by atoms with Crippen molar-refractivity contribution < 1.29 is 13.2 Å². The van der Waals surface area contributed by atoms with Crippen LogP contribution in [0.15, 0.2) is 53.6 Å². The fourth-order valence-corrected chi connectivity index (χ4v) is 7.87. The highest BCUT2D eigenvalue weighted by atomic mass is 32.2. The molecule has 2 saturated heterocycles. The van der Waals surface area contributed by atoms with E-state index < -0.39 is 10.0 Å². The lowest BCUT2D eigenvalue weighted by Crippen LogP contribution is -2.68. The summed E-state index contributed by atoms with van der Waals surface area (Å²) in [5.74, 6) is 0.205. The van der Waals surface area contributed by atoms with E-state index in [1.54, 1.807) is 24.5 Å². The van der Waals surface area contributed by atoms with Crippen molar-refractivity contribution in [2.75, 3.05) is 33.4 Å². The molecule has 2 fully saturated rings. The van der Waals surface area contributed by atoms with E-state index in [2.05, 4.69) is 66.3 Å². The highest BCUT2D eigenvalue weighted by Crippen LogP contribution is 2.43. The number of benzene rings is 2. The molecule has 1 unspecified atom stereocenters. The lowest BCUT2D eigenvalue weighted by Gasteiger charge is -2.57. The molecule has 37 heavy (non-hydrogen) atoms. The highest BCUT2D eigenvalue weighted by Gasteiger charge is 2.50. The second-order valence-corrected chi connectivity index (χ2v) is 12.4. The molecule has 2 aliphatic heterocycles. The van der Waals surface area contributed by atoms with Gasteiger partial charge in [-0.15, -0.1) is 0 Å². The molecule has 2 aliphatic rings. The summed E-state index contributed by atoms with van der Waals surface area (Å²) >= 11 is 0. The van der Waals surface area contributed by atoms with Gasteiger partial charge in [0.05, 0.1) is 12.3 Å². The fourth-order valence-electron chi connectivity index (χ4n) is 6.19. The zero-order valence-electron chi connectivity index (χ0n) is 22.5. The summed E-state index contributed by atoms with van der Waals surface area (Å²) in [5, 5.41) is 4.55. The number of nitrogens with zero attached hydrogens (tertiary/aromatic N) is 4. The number of methoxy groups -OCH3 is 1. The largest absolute Gasteiger partial charge is 0.383 e. The van der Waals surface area contributed by atoms with Crippen molar-refractivity contribution in [3.63, 3.8) is 0 Å². The molecule has 5 rings (SSSR count). The molecule has 0 N–H and O–H groups in total. The second-order valence-electron chi connectivity index (χ2n) is 10.5. The minimum atomic E-state index is -3.64. The van der Waals surface area contributed by atoms with Crippen LogP contribution in [-0.4, -0.2) is 72.8 Å². The van der Waals surface area contributed by atoms with Crippen molar-refractivity contribution in [2.24, 2.45) is 7.05 Å². The number of aryl methyl sites for hydroxylation is 3. The van der Waals surface area contributed by atoms with Crippen LogP contribution in [0.25, 0.3) is 11.1 Å². The Morgan fingerprint density at radius 1 is 1.03 bits per heavy atom. The van der Waals surface area contributed by atoms with Crippen molar-refractivity contribution in [1.82, 2.24) is 19.0 Å². The number of aromatic nitrogens is 2. The van der Waals surface area contributed by atoms with Crippen molar-refractivity contribution in [3.05, 3.63) is 70.9 Å². The Bertz CT molecular complexity index is 1370. The normalized spacial score (nSPS) is 23.2. The number of ether oxygens (including phenoxy) is 1. The Morgan fingerprint density at radius 2 is 1.76 bits per heavy atom. The average Bonchev–Trinajstić information content (AvgIpc) is 3.21. The summed E-state index contributed by atoms with van der Waals surface area (Å²) in [7, 11) is -0.193. The SMILES string of the molecule is COCC1[C@@H](c2ccc(-c3cccc(C)c3C)cc2)[C@@H]2CN(S(=O)(=O)c3cc(C)nn3C)CCCCN12. The Labute approximate surface area is 221 Å². The molecule has 7 nitrogen and oxygen atoms in total. The van der Waals surface area contributed by atoms with Gasteiger partial charge in [-0.3, -0.25) is 9.58 Å². The first-order chi connectivity index (χ1) is 17.7. The summed E-state index contributed by atoms with van der Waals surface area (Å²) in [5.41, 5.74) is 7.00. The number of hydrogen-bond donors (Lipinski definition) is 0. The molecule has 8 heteroatoms. The number of fused-ring (bicyclic) bond motifs is 1. The summed E-state index contributed by atoms with van der Waals surface area (Å²) in [6.07, 6.45) is 1.81. The first-order valence-electron chi connectivity index (χ1n) is 13.1. The number of sulfonamides is 1. The maximum absolute atomic E-state index is 13.7. The van der Waals surface area contributed by atoms with Crippen LogP contribution in [0, 0.1) is 20.8 Å². The molecule has 198 valence electrons. The zero-order chi connectivity index (χ0) is 26.3. The molecule has 0 spiro atoms. The quantitative estimate of drug-likeness (QED) is 0.484. The van der Waals surface area contributed by atoms with E-state index in [-0.39, 0.29) is 23.0 Å². The third kappa shape index (κ3) is 4.76. The first kappa shape index (κ1) is 26.1. The van der Waals surface area contributed by atoms with Crippen LogP contribution in [0.3, 0.4) is 0 Å². The van der Waals surface area contributed by atoms with Crippen LogP contribution in [0.4, 0.5) is 0 Å². The third-order valence-electron chi connectivity index (χ3n) is 8.26. The van der Waals surface area contributed by atoms with Crippen molar-refractivity contribution >= 4 is 10.0 Å². The molecule has 0 bridgehead atoms. The van der Waals surface area contributed by atoms with E-state index in [0.29, 0.717) is 25.4 Å². The van der Waals surface area contributed by atoms with Gasteiger partial charge in [-0.1, -0.05) is 42.5 Å². The van der Waals surface area contributed by atoms with Gasteiger partial charge in [0.25, 0.3) is 10.0 Å². The monoisotopic (exact) mass is 522 g/mol. The Kier molecular flexibility index (Phi) is 7.29. The van der Waals surface area contributed by atoms with Crippen molar-refractivity contribution in [3.8, 4) is 11.1 Å². The molecule has 0 aliphatic carbocycles. The average molecular weight is 523 g/mol. The van der Waals surface area contributed by atoms with E-state index in [0.717, 1.165) is 19.4 Å². The lowest BCUT2D eigenvalue weighted by atomic mass is 9.74. The minimum absolute atomic E-state index is 0.108. The van der Waals surface area contributed by atoms with E-state index in [9.17, 15) is 8.42 Å². The maximum atomic E-state index is 13.7. The van der Waals surface area contributed by atoms with Crippen LogP contribution in [0.2, 0.25) is 0 Å². The topological polar surface area (TPSA) is 67.7 Å². The van der Waals surface area contributed by atoms with Gasteiger partial charge in [0.15, 0.2) is 5.03 Å². The van der Waals surface area contributed by atoms with E-state index >= 15 is 0 Å². The van der Waals surface area contributed by atoms with E-state index in [1.807, 2.05) is 6.92 Å². The lowest BCUT2D eigenvalue weighted by molar-refractivity contribution is -0.0635. The maximum Gasteiger partial charge on any atom is 0.260 e. The van der Waals surface area contributed by atoms with Gasteiger partial charge in [0, 0.05) is 45.2 Å². The van der Waals surface area contributed by atoms with Crippen LogP contribution in [-0.2, 0) is 21.8 Å². The van der Waals surface area contributed by atoms with E-state index in [1.165, 1.54) is 32.5 Å². The standard InChI is InChI=1S/C29H38N4O3S/c1-20-9-8-10-25(22(20)3)23-11-13-24(14-12-23)29-26-18-32(15-6-7-16-33(26)27(29)19-36-5)37(34,35)28-17-21(2)30-31(28)4/h8-14,17,26-27,29H,6-7,15-16,18-19H2,1-5H3/t26-,27?,29-/m0/s1. The predicted octanol–water partition coefficient (Wildman–Crippen LogP) is 4.28. The summed E-state index contributed by atoms with van der Waals surface area (Å²) < 4.78 is 36.2. The van der Waals surface area contributed by atoms with Gasteiger partial charge in [-0.2, -0.15) is 9.40 Å². The fraction of sp³-hybridized carbons (Fsp3) is 0.483. The number of rotatable bonds is 6. The molecule has 0 saturated carbocycles. The summed E-state index contributed by atoms with van der Waals surface area (Å²) in [6, 6.07) is 17.3. The van der Waals surface area contributed by atoms with Crippen LogP contribution in [0.5, 0.6) is 0 Å². The van der Waals surface area contributed by atoms with Gasteiger partial charge in [0.1, 0.15) is 0 Å². The molecular formula is C29H38N4O3S. The van der Waals surface area contributed by atoms with Crippen LogP contribution < -0.4 is 0 Å². The van der Waals surface area contributed by atoms with Crippen molar-refractivity contribution in [1.29, 1.82) is 0 Å². The molecule has 0 amide bonds. The second kappa shape index (κ2) is 10.3. The smallest absolute Gasteiger partial charge is 0.260 e. The third-order valence-corrected chi connectivity index (χ3v) is 10.2. The predicted molar refractivity (Wildman–Crippen MR) is 146 cm³/mol. The first-order valence-corrected chi connectivity index (χ1v) is 14.6. The van der Waals surface area contributed by atoms with Gasteiger partial charge < -0.3 is 4.74 Å². The van der Waals surface area contributed by atoms with Gasteiger partial charge >= 0.3 is 0 Å². The molecule has 3 atom stereocenters. The highest BCUT2D eigenvalue weighted by molar-refractivity contribution is 7.89. The number of hydrogen-bond acceptors (Lipinski definition) is 5. The Hall–Kier alpha value is -2.52. The molecule has 0 radical (unpaired) electrons. The van der Waals surface area contributed by atoms with Gasteiger partial charge in [0.2, 0.25) is 0 Å². The summed E-state index contributed by atoms with van der Waals surface area (Å²) in [4.78, 5) is 2.46. The molecule has 2 aromatic carbocycles. The summed E-state index contributed by atoms with van der Waals surface area (Å²) in [6.45, 7) is 8.74. The minimum Gasteiger partial charge on any atom is -0.383 e. The zero-order valence-corrected chi connectivity index (χ0v) is 23.3. The Morgan fingerprint density at radius 3 is 2.43 bits per heavy atom.